The second kappa shape index (κ2) is 6.64. The van der Waals surface area contributed by atoms with E-state index >= 15 is 0 Å². The highest BCUT2D eigenvalue weighted by Gasteiger charge is 2.22. The topological polar surface area (TPSA) is 76.0 Å². The number of aryl methyl sites for hydroxylation is 1. The molecular formula is C17H20N4O2. The van der Waals surface area contributed by atoms with Gasteiger partial charge in [0.1, 0.15) is 6.04 Å². The van der Waals surface area contributed by atoms with Gasteiger partial charge in [-0.3, -0.25) is 9.59 Å². The number of carbonyl (C=O) groups excluding carboxylic acids is 2. The third-order valence-corrected chi connectivity index (χ3v) is 3.96. The van der Waals surface area contributed by atoms with E-state index in [0.29, 0.717) is 18.5 Å². The van der Waals surface area contributed by atoms with Crippen molar-refractivity contribution >= 4 is 11.8 Å². The van der Waals surface area contributed by atoms with Gasteiger partial charge in [0.15, 0.2) is 0 Å². The molecule has 1 aromatic heterocycles. The van der Waals surface area contributed by atoms with Crippen molar-refractivity contribution in [3.63, 3.8) is 0 Å². The number of hydrogen-bond acceptors (Lipinski definition) is 3. The van der Waals surface area contributed by atoms with Crippen LogP contribution in [0.1, 0.15) is 35.3 Å². The molecule has 2 aromatic rings. The van der Waals surface area contributed by atoms with Gasteiger partial charge in [-0.05, 0) is 56.5 Å². The number of amides is 2. The lowest BCUT2D eigenvalue weighted by molar-refractivity contribution is -0.122. The highest BCUT2D eigenvalue weighted by molar-refractivity contribution is 5.97. The molecular weight excluding hydrogens is 292 g/mol. The van der Waals surface area contributed by atoms with E-state index in [2.05, 4.69) is 15.7 Å². The maximum atomic E-state index is 12.3. The number of nitrogens with one attached hydrogen (secondary N) is 2. The minimum Gasteiger partial charge on any atom is -0.354 e. The standard InChI is InChI=1S/C17H20N4O2/c1-12-9-11-21(20-12)14-7-5-13(6-8-14)16(22)19-15-4-2-3-10-18-17(15)23/h5-9,11,15H,2-4,10H2,1H3,(H,18,23)(H,19,22)/t15-/m1/s1. The van der Waals surface area contributed by atoms with Crippen LogP contribution in [0.15, 0.2) is 36.5 Å². The lowest BCUT2D eigenvalue weighted by Gasteiger charge is -2.15. The molecule has 2 heterocycles. The highest BCUT2D eigenvalue weighted by Crippen LogP contribution is 2.11. The number of benzene rings is 1. The quantitative estimate of drug-likeness (QED) is 0.903. The summed E-state index contributed by atoms with van der Waals surface area (Å²) in [4.78, 5) is 24.2. The minimum atomic E-state index is -0.446. The average Bonchev–Trinajstić information content (AvgIpc) is 2.89. The van der Waals surface area contributed by atoms with Crippen molar-refractivity contribution < 1.29 is 9.59 Å². The van der Waals surface area contributed by atoms with Gasteiger partial charge in [-0.15, -0.1) is 0 Å². The Hall–Kier alpha value is -2.63. The molecule has 1 aliphatic heterocycles. The van der Waals surface area contributed by atoms with Crippen molar-refractivity contribution in [1.82, 2.24) is 20.4 Å². The third-order valence-electron chi connectivity index (χ3n) is 3.96. The molecule has 1 aromatic carbocycles. The zero-order valence-electron chi connectivity index (χ0n) is 13.1. The Morgan fingerprint density at radius 3 is 2.74 bits per heavy atom. The summed E-state index contributed by atoms with van der Waals surface area (Å²) in [5, 5.41) is 9.97. The fourth-order valence-electron chi connectivity index (χ4n) is 2.64. The Morgan fingerprint density at radius 1 is 1.26 bits per heavy atom. The second-order valence-corrected chi connectivity index (χ2v) is 5.76. The molecule has 1 saturated heterocycles. The van der Waals surface area contributed by atoms with Crippen LogP contribution in [0.2, 0.25) is 0 Å². The first-order valence-electron chi connectivity index (χ1n) is 7.85. The predicted octanol–water partition coefficient (Wildman–Crippen LogP) is 1.58. The van der Waals surface area contributed by atoms with Gasteiger partial charge in [-0.1, -0.05) is 0 Å². The van der Waals surface area contributed by atoms with Crippen LogP contribution in [0.25, 0.3) is 5.69 Å². The van der Waals surface area contributed by atoms with Crippen LogP contribution < -0.4 is 10.6 Å². The number of hydrogen-bond donors (Lipinski definition) is 2. The van der Waals surface area contributed by atoms with E-state index in [1.807, 2.05) is 31.3 Å². The van der Waals surface area contributed by atoms with Gasteiger partial charge in [0.25, 0.3) is 5.91 Å². The van der Waals surface area contributed by atoms with Crippen LogP contribution in [0, 0.1) is 6.92 Å². The molecule has 0 saturated carbocycles. The normalized spacial score (nSPS) is 18.1. The van der Waals surface area contributed by atoms with Crippen molar-refractivity contribution in [2.45, 2.75) is 32.2 Å². The molecule has 2 amide bonds. The predicted molar refractivity (Wildman–Crippen MR) is 86.4 cm³/mol. The lowest BCUT2D eigenvalue weighted by atomic mass is 10.1. The van der Waals surface area contributed by atoms with E-state index in [-0.39, 0.29) is 11.8 Å². The molecule has 0 radical (unpaired) electrons. The minimum absolute atomic E-state index is 0.0977. The van der Waals surface area contributed by atoms with Crippen molar-refractivity contribution in [2.24, 2.45) is 0 Å². The molecule has 1 atom stereocenters. The largest absolute Gasteiger partial charge is 0.354 e. The maximum absolute atomic E-state index is 12.3. The SMILES string of the molecule is Cc1ccn(-c2ccc(C(=O)N[C@@H]3CCCCNC3=O)cc2)n1. The summed E-state index contributed by atoms with van der Waals surface area (Å²) < 4.78 is 1.76. The molecule has 3 rings (SSSR count). The van der Waals surface area contributed by atoms with Gasteiger partial charge in [-0.2, -0.15) is 5.10 Å². The Balaban J connectivity index is 1.69. The molecule has 2 N–H and O–H groups in total. The summed E-state index contributed by atoms with van der Waals surface area (Å²) in [5.74, 6) is -0.324. The summed E-state index contributed by atoms with van der Waals surface area (Å²) in [6.45, 7) is 2.61. The Kier molecular flexibility index (Phi) is 4.41. The summed E-state index contributed by atoms with van der Waals surface area (Å²) >= 11 is 0. The summed E-state index contributed by atoms with van der Waals surface area (Å²) in [7, 11) is 0. The van der Waals surface area contributed by atoms with Gasteiger partial charge in [0.2, 0.25) is 5.91 Å². The molecule has 1 fully saturated rings. The molecule has 0 unspecified atom stereocenters. The molecule has 6 nitrogen and oxygen atoms in total. The van der Waals surface area contributed by atoms with E-state index < -0.39 is 6.04 Å². The van der Waals surface area contributed by atoms with Gasteiger partial charge in [-0.25, -0.2) is 4.68 Å². The van der Waals surface area contributed by atoms with E-state index in [9.17, 15) is 9.59 Å². The number of rotatable bonds is 3. The number of carbonyl (C=O) groups is 2. The first-order valence-corrected chi connectivity index (χ1v) is 7.85. The molecule has 0 spiro atoms. The zero-order valence-corrected chi connectivity index (χ0v) is 13.1. The van der Waals surface area contributed by atoms with Crippen LogP contribution in [0.5, 0.6) is 0 Å². The molecule has 6 heteroatoms. The summed E-state index contributed by atoms with van der Waals surface area (Å²) in [6.07, 6.45) is 4.44. The first-order chi connectivity index (χ1) is 11.1. The van der Waals surface area contributed by atoms with E-state index in [0.717, 1.165) is 24.2 Å². The average molecular weight is 312 g/mol. The molecule has 0 bridgehead atoms. The van der Waals surface area contributed by atoms with Crippen LogP contribution in [-0.2, 0) is 4.79 Å². The Morgan fingerprint density at radius 2 is 2.04 bits per heavy atom. The third kappa shape index (κ3) is 3.59. The van der Waals surface area contributed by atoms with Crippen LogP contribution in [0.4, 0.5) is 0 Å². The Bertz CT molecular complexity index is 706. The molecule has 0 aliphatic carbocycles. The van der Waals surface area contributed by atoms with E-state index in [1.165, 1.54) is 0 Å². The van der Waals surface area contributed by atoms with Gasteiger partial charge in [0.05, 0.1) is 11.4 Å². The molecule has 23 heavy (non-hydrogen) atoms. The van der Waals surface area contributed by atoms with Gasteiger partial charge < -0.3 is 10.6 Å². The maximum Gasteiger partial charge on any atom is 0.251 e. The van der Waals surface area contributed by atoms with Crippen molar-refractivity contribution in [2.75, 3.05) is 6.54 Å². The fourth-order valence-corrected chi connectivity index (χ4v) is 2.64. The fraction of sp³-hybridized carbons (Fsp3) is 0.353. The van der Waals surface area contributed by atoms with Gasteiger partial charge in [0, 0.05) is 18.3 Å². The number of aromatic nitrogens is 2. The van der Waals surface area contributed by atoms with E-state index in [1.54, 1.807) is 16.8 Å². The van der Waals surface area contributed by atoms with Crippen molar-refractivity contribution in [1.29, 1.82) is 0 Å². The highest BCUT2D eigenvalue weighted by atomic mass is 16.2. The molecule has 1 aliphatic rings. The van der Waals surface area contributed by atoms with Crippen LogP contribution >= 0.6 is 0 Å². The second-order valence-electron chi connectivity index (χ2n) is 5.76. The number of nitrogens with zero attached hydrogens (tertiary/aromatic N) is 2. The van der Waals surface area contributed by atoms with Crippen molar-refractivity contribution in [3.8, 4) is 5.69 Å². The van der Waals surface area contributed by atoms with E-state index in [4.69, 9.17) is 0 Å². The lowest BCUT2D eigenvalue weighted by Crippen LogP contribution is -2.45. The summed E-state index contributed by atoms with van der Waals surface area (Å²) in [6, 6.07) is 8.65. The van der Waals surface area contributed by atoms with Crippen molar-refractivity contribution in [3.05, 3.63) is 47.8 Å². The molecule has 120 valence electrons. The van der Waals surface area contributed by atoms with Crippen LogP contribution in [0.3, 0.4) is 0 Å². The summed E-state index contributed by atoms with van der Waals surface area (Å²) in [5.41, 5.74) is 2.36. The smallest absolute Gasteiger partial charge is 0.251 e. The first kappa shape index (κ1) is 15.3. The monoisotopic (exact) mass is 312 g/mol. The van der Waals surface area contributed by atoms with Gasteiger partial charge >= 0.3 is 0 Å². The Labute approximate surface area is 134 Å². The zero-order chi connectivity index (χ0) is 16.2. The van der Waals surface area contributed by atoms with Crippen LogP contribution in [-0.4, -0.2) is 34.2 Å².